The first-order valence-corrected chi connectivity index (χ1v) is 27.6. The van der Waals surface area contributed by atoms with Gasteiger partial charge in [0.1, 0.15) is 13.2 Å². The lowest BCUT2D eigenvalue weighted by Crippen LogP contribution is -2.30. The first-order chi connectivity index (χ1) is 32.5. The van der Waals surface area contributed by atoms with Gasteiger partial charge in [-0.1, -0.05) is 209 Å². The molecule has 0 aromatic carbocycles. The molecule has 0 aliphatic carbocycles. The summed E-state index contributed by atoms with van der Waals surface area (Å²) in [7, 11) is 0. The van der Waals surface area contributed by atoms with Crippen LogP contribution in [0.3, 0.4) is 0 Å². The Hall–Kier alpha value is -3.41. The SMILES string of the molecule is CC/C=C\C/C=C\C/C=C\C/C=C\CCCCCCC(=O)OC(COC(=O)CCCCCCC/C=C\CCCCCC)COC(=O)CCCCCCCCC/C=C\C/C=C\CCCCCC. The van der Waals surface area contributed by atoms with E-state index >= 15 is 0 Å². The van der Waals surface area contributed by atoms with Crippen LogP contribution < -0.4 is 0 Å². The molecule has 6 heteroatoms. The summed E-state index contributed by atoms with van der Waals surface area (Å²) in [5.41, 5.74) is 0. The Morgan fingerprint density at radius 2 is 0.591 bits per heavy atom. The summed E-state index contributed by atoms with van der Waals surface area (Å²) in [4.78, 5) is 38.1. The zero-order chi connectivity index (χ0) is 47.9. The molecule has 0 aromatic heterocycles. The van der Waals surface area contributed by atoms with Crippen LogP contribution in [-0.2, 0) is 28.6 Å². The highest BCUT2D eigenvalue weighted by molar-refractivity contribution is 5.71. The Bertz CT molecular complexity index is 1290. The number of rotatable bonds is 49. The number of hydrogen-bond acceptors (Lipinski definition) is 6. The predicted molar refractivity (Wildman–Crippen MR) is 284 cm³/mol. The van der Waals surface area contributed by atoms with Crippen LogP contribution >= 0.6 is 0 Å². The average Bonchev–Trinajstić information content (AvgIpc) is 3.31. The standard InChI is InChI=1S/C60H102O6/c1-4-7-10-13-16-19-22-25-27-29-31-32-35-38-41-44-47-50-53-59(62)65-56-57(55-64-58(61)52-49-46-43-40-37-34-24-21-18-15-12-9-6-3)66-60(63)54-51-48-45-42-39-36-33-30-28-26-23-20-17-14-11-8-5-2/h8,11,17,19-22,24,26-29,33,36,57H,4-7,9-10,12-16,18,23,25,30-32,34-35,37-56H2,1-3H3/b11-8-,20-17-,22-19-,24-21-,28-26-,29-27-,36-33-. The molecule has 1 unspecified atom stereocenters. The second-order valence-corrected chi connectivity index (χ2v) is 18.1. The zero-order valence-electron chi connectivity index (χ0n) is 43.2. The minimum absolute atomic E-state index is 0.0936. The van der Waals surface area contributed by atoms with E-state index in [0.717, 1.165) is 116 Å². The largest absolute Gasteiger partial charge is 0.462 e. The van der Waals surface area contributed by atoms with E-state index in [1.807, 2.05) is 0 Å². The molecule has 0 rings (SSSR count). The molecule has 66 heavy (non-hydrogen) atoms. The zero-order valence-corrected chi connectivity index (χ0v) is 43.2. The maximum absolute atomic E-state index is 12.8. The molecule has 0 aromatic rings. The van der Waals surface area contributed by atoms with Crippen LogP contribution in [0.15, 0.2) is 85.1 Å². The van der Waals surface area contributed by atoms with Gasteiger partial charge < -0.3 is 14.2 Å². The monoisotopic (exact) mass is 919 g/mol. The fourth-order valence-corrected chi connectivity index (χ4v) is 7.46. The van der Waals surface area contributed by atoms with Crippen LogP contribution in [0.1, 0.15) is 258 Å². The minimum Gasteiger partial charge on any atom is -0.462 e. The lowest BCUT2D eigenvalue weighted by atomic mass is 10.1. The van der Waals surface area contributed by atoms with Gasteiger partial charge in [0.15, 0.2) is 6.10 Å². The van der Waals surface area contributed by atoms with Crippen LogP contribution in [0.25, 0.3) is 0 Å². The van der Waals surface area contributed by atoms with Crippen molar-refractivity contribution in [3.05, 3.63) is 85.1 Å². The van der Waals surface area contributed by atoms with Crippen molar-refractivity contribution < 1.29 is 28.6 Å². The van der Waals surface area contributed by atoms with Crippen molar-refractivity contribution in [3.63, 3.8) is 0 Å². The van der Waals surface area contributed by atoms with Gasteiger partial charge in [0.25, 0.3) is 0 Å². The van der Waals surface area contributed by atoms with Crippen molar-refractivity contribution >= 4 is 17.9 Å². The topological polar surface area (TPSA) is 78.9 Å². The number of hydrogen-bond donors (Lipinski definition) is 0. The summed E-state index contributed by atoms with van der Waals surface area (Å²) >= 11 is 0. The molecule has 0 bridgehead atoms. The molecular weight excluding hydrogens is 817 g/mol. The van der Waals surface area contributed by atoms with Crippen molar-refractivity contribution in [1.82, 2.24) is 0 Å². The van der Waals surface area contributed by atoms with Crippen molar-refractivity contribution in [1.29, 1.82) is 0 Å². The van der Waals surface area contributed by atoms with E-state index in [2.05, 4.69) is 106 Å². The number of carbonyl (C=O) groups is 3. The Morgan fingerprint density at radius 1 is 0.318 bits per heavy atom. The van der Waals surface area contributed by atoms with Crippen LogP contribution in [0.5, 0.6) is 0 Å². The Kier molecular flexibility index (Phi) is 51.4. The third kappa shape index (κ3) is 51.6. The highest BCUT2D eigenvalue weighted by Crippen LogP contribution is 2.14. The highest BCUT2D eigenvalue weighted by atomic mass is 16.6. The van der Waals surface area contributed by atoms with Gasteiger partial charge in [-0.25, -0.2) is 0 Å². The number of carbonyl (C=O) groups excluding carboxylic acids is 3. The van der Waals surface area contributed by atoms with Gasteiger partial charge >= 0.3 is 17.9 Å². The second kappa shape index (κ2) is 54.2. The third-order valence-corrected chi connectivity index (χ3v) is 11.6. The summed E-state index contributed by atoms with van der Waals surface area (Å²) in [5.74, 6) is -0.931. The maximum atomic E-state index is 12.8. The van der Waals surface area contributed by atoms with E-state index in [-0.39, 0.29) is 31.1 Å². The highest BCUT2D eigenvalue weighted by Gasteiger charge is 2.19. The molecule has 0 spiro atoms. The quantitative estimate of drug-likeness (QED) is 0.0262. The Labute approximate surface area is 407 Å². The molecule has 0 fully saturated rings. The summed E-state index contributed by atoms with van der Waals surface area (Å²) in [6.07, 6.45) is 69.9. The molecule has 0 aliphatic heterocycles. The normalized spacial score (nSPS) is 12.7. The van der Waals surface area contributed by atoms with Crippen molar-refractivity contribution in [2.45, 2.75) is 264 Å². The summed E-state index contributed by atoms with van der Waals surface area (Å²) < 4.78 is 16.8. The van der Waals surface area contributed by atoms with Gasteiger partial charge in [0.2, 0.25) is 0 Å². The molecule has 0 amide bonds. The molecule has 0 saturated carbocycles. The Morgan fingerprint density at radius 3 is 0.939 bits per heavy atom. The average molecular weight is 919 g/mol. The Balaban J connectivity index is 4.44. The molecule has 1 atom stereocenters. The van der Waals surface area contributed by atoms with Gasteiger partial charge in [-0.15, -0.1) is 0 Å². The van der Waals surface area contributed by atoms with Gasteiger partial charge in [-0.2, -0.15) is 0 Å². The van der Waals surface area contributed by atoms with Gasteiger partial charge in [-0.3, -0.25) is 14.4 Å². The van der Waals surface area contributed by atoms with E-state index in [9.17, 15) is 14.4 Å². The van der Waals surface area contributed by atoms with E-state index in [4.69, 9.17) is 14.2 Å². The minimum atomic E-state index is -0.796. The third-order valence-electron chi connectivity index (χ3n) is 11.6. The van der Waals surface area contributed by atoms with Gasteiger partial charge in [-0.05, 0) is 116 Å². The fourth-order valence-electron chi connectivity index (χ4n) is 7.46. The van der Waals surface area contributed by atoms with E-state index in [0.29, 0.717) is 19.3 Å². The van der Waals surface area contributed by atoms with Crippen LogP contribution in [0.4, 0.5) is 0 Å². The molecule has 0 saturated heterocycles. The van der Waals surface area contributed by atoms with E-state index in [1.54, 1.807) is 0 Å². The van der Waals surface area contributed by atoms with Crippen molar-refractivity contribution in [3.8, 4) is 0 Å². The number of unbranched alkanes of at least 4 members (excludes halogenated alkanes) is 24. The summed E-state index contributed by atoms with van der Waals surface area (Å²) in [5, 5.41) is 0. The number of ether oxygens (including phenoxy) is 3. The van der Waals surface area contributed by atoms with Crippen LogP contribution in [0.2, 0.25) is 0 Å². The smallest absolute Gasteiger partial charge is 0.306 e. The van der Waals surface area contributed by atoms with E-state index < -0.39 is 6.10 Å². The molecule has 6 nitrogen and oxygen atoms in total. The summed E-state index contributed by atoms with van der Waals surface area (Å²) in [6, 6.07) is 0. The second-order valence-electron chi connectivity index (χ2n) is 18.1. The lowest BCUT2D eigenvalue weighted by Gasteiger charge is -2.18. The number of allylic oxidation sites excluding steroid dienone is 14. The summed E-state index contributed by atoms with van der Waals surface area (Å²) in [6.45, 7) is 6.46. The maximum Gasteiger partial charge on any atom is 0.306 e. The number of esters is 3. The van der Waals surface area contributed by atoms with Crippen molar-refractivity contribution in [2.24, 2.45) is 0 Å². The van der Waals surface area contributed by atoms with Gasteiger partial charge in [0, 0.05) is 19.3 Å². The molecule has 0 N–H and O–H groups in total. The first-order valence-electron chi connectivity index (χ1n) is 27.6. The van der Waals surface area contributed by atoms with E-state index in [1.165, 1.54) is 103 Å². The predicted octanol–water partition coefficient (Wildman–Crippen LogP) is 18.4. The fraction of sp³-hybridized carbons (Fsp3) is 0.717. The van der Waals surface area contributed by atoms with Crippen LogP contribution in [0, 0.1) is 0 Å². The van der Waals surface area contributed by atoms with Crippen LogP contribution in [-0.4, -0.2) is 37.2 Å². The molecule has 0 heterocycles. The molecular formula is C60H102O6. The lowest BCUT2D eigenvalue weighted by molar-refractivity contribution is -0.167. The van der Waals surface area contributed by atoms with Gasteiger partial charge in [0.05, 0.1) is 0 Å². The first kappa shape index (κ1) is 62.6. The molecule has 0 aliphatic rings. The molecule has 0 radical (unpaired) electrons. The molecule has 378 valence electrons. The van der Waals surface area contributed by atoms with Crippen molar-refractivity contribution in [2.75, 3.05) is 13.2 Å².